The van der Waals surface area contributed by atoms with Crippen molar-refractivity contribution in [2.45, 2.75) is 0 Å². The monoisotopic (exact) mass is 498 g/mol. The molecular weight excluding hydrogens is 464 g/mol. The number of methoxy groups -OCH3 is 2. The van der Waals surface area contributed by atoms with Crippen LogP contribution < -0.4 is 20.1 Å². The molecule has 0 atom stereocenters. The summed E-state index contributed by atoms with van der Waals surface area (Å²) in [6.07, 6.45) is 0. The summed E-state index contributed by atoms with van der Waals surface area (Å²) < 4.78 is 21.8. The molecule has 10 heteroatoms. The topological polar surface area (TPSA) is 102 Å². The molecule has 2 fully saturated rings. The summed E-state index contributed by atoms with van der Waals surface area (Å²) >= 11 is 0. The standard InChI is InChI=1S/C26H34N4O6/c1-33-23-15-19(3-5-21(23)27-25(31)17-29-7-11-35-12-8-29)20-4-6-22(24(16-20)34-2)28-26(32)18-30-9-13-36-14-10-30/h3-6,15-16H,7-14,17-18H2,1-2H3,(H,27,31)(H,28,32). The van der Waals surface area contributed by atoms with Gasteiger partial charge < -0.3 is 29.6 Å². The fourth-order valence-electron chi connectivity index (χ4n) is 4.25. The average molecular weight is 499 g/mol. The molecule has 36 heavy (non-hydrogen) atoms. The van der Waals surface area contributed by atoms with E-state index in [0.717, 1.165) is 37.3 Å². The molecule has 2 saturated heterocycles. The van der Waals surface area contributed by atoms with Gasteiger partial charge in [-0.2, -0.15) is 0 Å². The number of morpholine rings is 2. The summed E-state index contributed by atoms with van der Waals surface area (Å²) in [7, 11) is 3.15. The third-order valence-corrected chi connectivity index (χ3v) is 6.23. The highest BCUT2D eigenvalue weighted by molar-refractivity contribution is 5.95. The maximum Gasteiger partial charge on any atom is 0.238 e. The normalized spacial score (nSPS) is 16.8. The Morgan fingerprint density at radius 1 is 0.722 bits per heavy atom. The number of amides is 2. The van der Waals surface area contributed by atoms with Crippen molar-refractivity contribution in [1.29, 1.82) is 0 Å². The van der Waals surface area contributed by atoms with Crippen LogP contribution in [-0.2, 0) is 19.1 Å². The van der Waals surface area contributed by atoms with Crippen molar-refractivity contribution in [2.75, 3.05) is 90.5 Å². The number of nitrogens with one attached hydrogen (secondary N) is 2. The number of carbonyl (C=O) groups excluding carboxylic acids is 2. The number of hydrogen-bond donors (Lipinski definition) is 2. The zero-order chi connectivity index (χ0) is 25.3. The summed E-state index contributed by atoms with van der Waals surface area (Å²) in [5.41, 5.74) is 3.00. The van der Waals surface area contributed by atoms with Crippen LogP contribution in [0.25, 0.3) is 11.1 Å². The summed E-state index contributed by atoms with van der Waals surface area (Å²) in [5.74, 6) is 0.929. The van der Waals surface area contributed by atoms with Crippen LogP contribution in [0, 0.1) is 0 Å². The predicted octanol–water partition coefficient (Wildman–Crippen LogP) is 1.91. The minimum absolute atomic E-state index is 0.0956. The van der Waals surface area contributed by atoms with E-state index >= 15 is 0 Å². The minimum Gasteiger partial charge on any atom is -0.495 e. The highest BCUT2D eigenvalue weighted by atomic mass is 16.5. The molecule has 10 nitrogen and oxygen atoms in total. The molecule has 0 aliphatic carbocycles. The molecule has 2 aliphatic heterocycles. The van der Waals surface area contributed by atoms with E-state index in [9.17, 15) is 9.59 Å². The molecule has 2 aliphatic rings. The number of carbonyl (C=O) groups is 2. The molecular formula is C26H34N4O6. The van der Waals surface area contributed by atoms with Gasteiger partial charge in [-0.1, -0.05) is 12.1 Å². The molecule has 0 bridgehead atoms. The van der Waals surface area contributed by atoms with Crippen LogP contribution >= 0.6 is 0 Å². The highest BCUT2D eigenvalue weighted by Gasteiger charge is 2.18. The molecule has 2 N–H and O–H groups in total. The van der Waals surface area contributed by atoms with Crippen molar-refractivity contribution in [2.24, 2.45) is 0 Å². The molecule has 2 heterocycles. The summed E-state index contributed by atoms with van der Waals surface area (Å²) in [5, 5.41) is 5.89. The molecule has 194 valence electrons. The fraction of sp³-hybridized carbons (Fsp3) is 0.462. The third-order valence-electron chi connectivity index (χ3n) is 6.23. The Hall–Kier alpha value is -3.18. The molecule has 0 unspecified atom stereocenters. The minimum atomic E-state index is -0.0956. The Kier molecular flexibility index (Phi) is 9.12. The lowest BCUT2D eigenvalue weighted by molar-refractivity contribution is -0.119. The van der Waals surface area contributed by atoms with E-state index < -0.39 is 0 Å². The van der Waals surface area contributed by atoms with Crippen molar-refractivity contribution in [3.63, 3.8) is 0 Å². The second-order valence-electron chi connectivity index (χ2n) is 8.70. The molecule has 0 saturated carbocycles. The first-order valence-corrected chi connectivity index (χ1v) is 12.1. The van der Waals surface area contributed by atoms with E-state index in [-0.39, 0.29) is 11.8 Å². The fourth-order valence-corrected chi connectivity index (χ4v) is 4.25. The largest absolute Gasteiger partial charge is 0.495 e. The molecule has 4 rings (SSSR count). The van der Waals surface area contributed by atoms with Gasteiger partial charge in [-0.3, -0.25) is 19.4 Å². The first kappa shape index (κ1) is 25.9. The molecule has 2 aromatic rings. The van der Waals surface area contributed by atoms with Gasteiger partial charge in [0.1, 0.15) is 11.5 Å². The predicted molar refractivity (Wildman–Crippen MR) is 137 cm³/mol. The van der Waals surface area contributed by atoms with Crippen molar-refractivity contribution >= 4 is 23.2 Å². The zero-order valence-electron chi connectivity index (χ0n) is 20.9. The van der Waals surface area contributed by atoms with E-state index in [1.165, 1.54) is 0 Å². The van der Waals surface area contributed by atoms with Crippen LogP contribution in [0.5, 0.6) is 11.5 Å². The van der Waals surface area contributed by atoms with Crippen LogP contribution in [-0.4, -0.2) is 102 Å². The summed E-state index contributed by atoms with van der Waals surface area (Å²) in [6, 6.07) is 11.2. The van der Waals surface area contributed by atoms with Gasteiger partial charge in [0.15, 0.2) is 0 Å². The number of anilines is 2. The van der Waals surface area contributed by atoms with E-state index in [4.69, 9.17) is 18.9 Å². The number of hydrogen-bond acceptors (Lipinski definition) is 8. The Morgan fingerprint density at radius 3 is 1.47 bits per heavy atom. The number of rotatable bonds is 9. The van der Waals surface area contributed by atoms with E-state index in [1.54, 1.807) is 14.2 Å². The third kappa shape index (κ3) is 6.94. The Balaban J connectivity index is 1.42. The maximum absolute atomic E-state index is 12.5. The molecule has 0 aromatic heterocycles. The maximum atomic E-state index is 12.5. The quantitative estimate of drug-likeness (QED) is 0.541. The van der Waals surface area contributed by atoms with Gasteiger partial charge in [0.2, 0.25) is 11.8 Å². The van der Waals surface area contributed by atoms with Crippen molar-refractivity contribution < 1.29 is 28.5 Å². The van der Waals surface area contributed by atoms with Crippen LogP contribution in [0.4, 0.5) is 11.4 Å². The van der Waals surface area contributed by atoms with Crippen LogP contribution in [0.3, 0.4) is 0 Å². The number of nitrogens with zero attached hydrogens (tertiary/aromatic N) is 2. The highest BCUT2D eigenvalue weighted by Crippen LogP contribution is 2.35. The van der Waals surface area contributed by atoms with Gasteiger partial charge in [0.05, 0.1) is 65.1 Å². The zero-order valence-corrected chi connectivity index (χ0v) is 20.9. The van der Waals surface area contributed by atoms with Gasteiger partial charge in [-0.15, -0.1) is 0 Å². The SMILES string of the molecule is COc1cc(-c2ccc(NC(=O)CN3CCOCC3)c(OC)c2)ccc1NC(=O)CN1CCOCC1. The van der Waals surface area contributed by atoms with Gasteiger partial charge in [0.25, 0.3) is 0 Å². The van der Waals surface area contributed by atoms with Crippen LogP contribution in [0.2, 0.25) is 0 Å². The van der Waals surface area contributed by atoms with Gasteiger partial charge in [-0.05, 0) is 35.4 Å². The number of ether oxygens (including phenoxy) is 4. The number of benzene rings is 2. The second kappa shape index (κ2) is 12.7. The Bertz CT molecular complexity index is 967. The lowest BCUT2D eigenvalue weighted by Gasteiger charge is -2.26. The molecule has 2 aromatic carbocycles. The molecule has 0 spiro atoms. The van der Waals surface area contributed by atoms with Gasteiger partial charge in [0, 0.05) is 26.2 Å². The van der Waals surface area contributed by atoms with E-state index in [1.807, 2.05) is 36.4 Å². The van der Waals surface area contributed by atoms with Crippen LogP contribution in [0.1, 0.15) is 0 Å². The summed E-state index contributed by atoms with van der Waals surface area (Å²) in [4.78, 5) is 29.2. The molecule has 0 radical (unpaired) electrons. The van der Waals surface area contributed by atoms with E-state index in [2.05, 4.69) is 20.4 Å². The van der Waals surface area contributed by atoms with Crippen molar-refractivity contribution in [3.8, 4) is 22.6 Å². The van der Waals surface area contributed by atoms with Crippen molar-refractivity contribution in [3.05, 3.63) is 36.4 Å². The Labute approximate surface area is 211 Å². The van der Waals surface area contributed by atoms with Gasteiger partial charge in [-0.25, -0.2) is 0 Å². The second-order valence-corrected chi connectivity index (χ2v) is 8.70. The van der Waals surface area contributed by atoms with Crippen LogP contribution in [0.15, 0.2) is 36.4 Å². The summed E-state index contributed by atoms with van der Waals surface area (Å²) in [6.45, 7) is 6.18. The first-order valence-electron chi connectivity index (χ1n) is 12.1. The Morgan fingerprint density at radius 2 is 1.11 bits per heavy atom. The van der Waals surface area contributed by atoms with Crippen molar-refractivity contribution in [1.82, 2.24) is 9.80 Å². The lowest BCUT2D eigenvalue weighted by atomic mass is 10.0. The smallest absolute Gasteiger partial charge is 0.238 e. The molecule has 2 amide bonds. The van der Waals surface area contributed by atoms with E-state index in [0.29, 0.717) is 62.4 Å². The van der Waals surface area contributed by atoms with Gasteiger partial charge >= 0.3 is 0 Å². The first-order chi connectivity index (χ1) is 17.6. The lowest BCUT2D eigenvalue weighted by Crippen LogP contribution is -2.41. The average Bonchev–Trinajstić information content (AvgIpc) is 2.90.